The second-order valence-corrected chi connectivity index (χ2v) is 4.74. The average Bonchev–Trinajstić information content (AvgIpc) is 2.52. The predicted octanol–water partition coefficient (Wildman–Crippen LogP) is 3.20. The third-order valence-electron chi connectivity index (χ3n) is 3.06. The molecule has 3 N–H and O–H groups in total. The van der Waals surface area contributed by atoms with E-state index in [9.17, 15) is 4.79 Å². The number of benzene rings is 2. The molecule has 0 aliphatic rings. The molecule has 21 heavy (non-hydrogen) atoms. The Balaban J connectivity index is 2.12. The van der Waals surface area contributed by atoms with Crippen LogP contribution in [-0.4, -0.2) is 11.6 Å². The van der Waals surface area contributed by atoms with Gasteiger partial charge in [-0.15, -0.1) is 0 Å². The number of hydrogen-bond acceptors (Lipinski definition) is 3. The molecule has 4 heteroatoms. The molecule has 0 aromatic heterocycles. The first-order valence-corrected chi connectivity index (χ1v) is 6.98. The molecule has 0 heterocycles. The number of hydrazone groups is 1. The van der Waals surface area contributed by atoms with Crippen LogP contribution in [0.3, 0.4) is 0 Å². The molecule has 2 aromatic carbocycles. The second kappa shape index (κ2) is 7.24. The van der Waals surface area contributed by atoms with Gasteiger partial charge in [-0.1, -0.05) is 43.7 Å². The van der Waals surface area contributed by atoms with Crippen molar-refractivity contribution in [2.24, 2.45) is 5.10 Å². The van der Waals surface area contributed by atoms with Crippen LogP contribution in [0.4, 0.5) is 5.69 Å². The fourth-order valence-electron chi connectivity index (χ4n) is 1.95. The maximum atomic E-state index is 12.0. The van der Waals surface area contributed by atoms with Crippen molar-refractivity contribution in [1.82, 2.24) is 5.43 Å². The molecule has 4 nitrogen and oxygen atoms in total. The normalized spacial score (nSPS) is 11.2. The molecule has 0 saturated heterocycles. The van der Waals surface area contributed by atoms with E-state index in [2.05, 4.69) is 17.5 Å². The number of anilines is 1. The van der Waals surface area contributed by atoms with Crippen molar-refractivity contribution in [1.29, 1.82) is 0 Å². The first-order chi connectivity index (χ1) is 10.2. The molecule has 0 aliphatic heterocycles. The number of nitrogen functional groups attached to an aromatic ring is 1. The summed E-state index contributed by atoms with van der Waals surface area (Å²) in [4.78, 5) is 12.0. The topological polar surface area (TPSA) is 67.5 Å². The fourth-order valence-corrected chi connectivity index (χ4v) is 1.95. The van der Waals surface area contributed by atoms with Gasteiger partial charge in [0.15, 0.2) is 0 Å². The van der Waals surface area contributed by atoms with Crippen molar-refractivity contribution in [2.75, 3.05) is 5.73 Å². The van der Waals surface area contributed by atoms with E-state index in [4.69, 9.17) is 5.73 Å². The van der Waals surface area contributed by atoms with Gasteiger partial charge in [0, 0.05) is 11.3 Å². The van der Waals surface area contributed by atoms with Crippen LogP contribution in [0.5, 0.6) is 0 Å². The van der Waals surface area contributed by atoms with Crippen molar-refractivity contribution < 1.29 is 4.79 Å². The third kappa shape index (κ3) is 4.18. The Bertz CT molecular complexity index is 618. The maximum absolute atomic E-state index is 12.0. The number of amides is 1. The highest BCUT2D eigenvalue weighted by atomic mass is 16.2. The molecule has 0 radical (unpaired) electrons. The van der Waals surface area contributed by atoms with Gasteiger partial charge in [-0.3, -0.25) is 4.79 Å². The average molecular weight is 281 g/mol. The smallest absolute Gasteiger partial charge is 0.271 e. The lowest BCUT2D eigenvalue weighted by atomic mass is 10.1. The summed E-state index contributed by atoms with van der Waals surface area (Å²) in [7, 11) is 0. The van der Waals surface area contributed by atoms with Gasteiger partial charge in [0.05, 0.1) is 5.71 Å². The Kier molecular flexibility index (Phi) is 5.10. The number of nitrogens with two attached hydrogens (primary N) is 1. The van der Waals surface area contributed by atoms with E-state index in [1.54, 1.807) is 24.3 Å². The Hall–Kier alpha value is -2.62. The molecule has 0 spiro atoms. The van der Waals surface area contributed by atoms with Gasteiger partial charge in [0.1, 0.15) is 0 Å². The SMILES string of the molecule is CCC/C(=N/NC(=O)c1ccc(N)cc1)c1ccccc1. The monoisotopic (exact) mass is 281 g/mol. The maximum Gasteiger partial charge on any atom is 0.271 e. The minimum atomic E-state index is -0.237. The molecule has 0 atom stereocenters. The van der Waals surface area contributed by atoms with E-state index in [1.807, 2.05) is 30.3 Å². The van der Waals surface area contributed by atoms with Crippen molar-refractivity contribution in [2.45, 2.75) is 19.8 Å². The summed E-state index contributed by atoms with van der Waals surface area (Å²) in [6.45, 7) is 2.08. The minimum Gasteiger partial charge on any atom is -0.399 e. The zero-order valence-corrected chi connectivity index (χ0v) is 12.0. The molecular formula is C17H19N3O. The van der Waals surface area contributed by atoms with Gasteiger partial charge in [0.25, 0.3) is 5.91 Å². The van der Waals surface area contributed by atoms with E-state index in [1.165, 1.54) is 0 Å². The third-order valence-corrected chi connectivity index (χ3v) is 3.06. The zero-order valence-electron chi connectivity index (χ0n) is 12.0. The number of nitrogens with zero attached hydrogens (tertiary/aromatic N) is 1. The van der Waals surface area contributed by atoms with Crippen LogP contribution >= 0.6 is 0 Å². The number of carbonyl (C=O) groups excluding carboxylic acids is 1. The lowest BCUT2D eigenvalue weighted by Gasteiger charge is -2.06. The highest BCUT2D eigenvalue weighted by Gasteiger charge is 2.06. The molecule has 0 aliphatic carbocycles. The van der Waals surface area contributed by atoms with Crippen LogP contribution in [0.1, 0.15) is 35.7 Å². The van der Waals surface area contributed by atoms with Crippen LogP contribution in [-0.2, 0) is 0 Å². The second-order valence-electron chi connectivity index (χ2n) is 4.74. The summed E-state index contributed by atoms with van der Waals surface area (Å²) in [5.41, 5.74) is 11.3. The van der Waals surface area contributed by atoms with Gasteiger partial charge >= 0.3 is 0 Å². The summed E-state index contributed by atoms with van der Waals surface area (Å²) in [6.07, 6.45) is 1.78. The van der Waals surface area contributed by atoms with Crippen LogP contribution in [0.2, 0.25) is 0 Å². The Labute approximate surface area is 124 Å². The van der Waals surface area contributed by atoms with E-state index in [-0.39, 0.29) is 5.91 Å². The summed E-state index contributed by atoms with van der Waals surface area (Å²) in [5.74, 6) is -0.237. The number of rotatable bonds is 5. The summed E-state index contributed by atoms with van der Waals surface area (Å²) < 4.78 is 0. The number of hydrogen-bond donors (Lipinski definition) is 2. The van der Waals surface area contributed by atoms with Crippen LogP contribution in [0, 0.1) is 0 Å². The predicted molar refractivity (Wildman–Crippen MR) is 86.2 cm³/mol. The van der Waals surface area contributed by atoms with E-state index >= 15 is 0 Å². The lowest BCUT2D eigenvalue weighted by molar-refractivity contribution is 0.0955. The summed E-state index contributed by atoms with van der Waals surface area (Å²) in [6, 6.07) is 16.6. The highest BCUT2D eigenvalue weighted by molar-refractivity contribution is 6.02. The first-order valence-electron chi connectivity index (χ1n) is 6.98. The van der Waals surface area contributed by atoms with Crippen molar-refractivity contribution >= 4 is 17.3 Å². The van der Waals surface area contributed by atoms with Gasteiger partial charge in [-0.2, -0.15) is 5.10 Å². The molecule has 0 bridgehead atoms. The van der Waals surface area contributed by atoms with E-state index in [0.717, 1.165) is 24.1 Å². The molecule has 2 rings (SSSR count). The van der Waals surface area contributed by atoms with E-state index < -0.39 is 0 Å². The molecule has 0 saturated carbocycles. The fraction of sp³-hybridized carbons (Fsp3) is 0.176. The quantitative estimate of drug-likeness (QED) is 0.502. The van der Waals surface area contributed by atoms with Crippen LogP contribution in [0.25, 0.3) is 0 Å². The lowest BCUT2D eigenvalue weighted by Crippen LogP contribution is -2.20. The van der Waals surface area contributed by atoms with Crippen molar-refractivity contribution in [3.05, 3.63) is 65.7 Å². The Morgan fingerprint density at radius 2 is 1.71 bits per heavy atom. The van der Waals surface area contributed by atoms with Gasteiger partial charge < -0.3 is 5.73 Å². The van der Waals surface area contributed by atoms with Gasteiger partial charge in [0.2, 0.25) is 0 Å². The van der Waals surface area contributed by atoms with Crippen molar-refractivity contribution in [3.63, 3.8) is 0 Å². The number of nitrogens with one attached hydrogen (secondary N) is 1. The molecule has 0 fully saturated rings. The number of carbonyl (C=O) groups is 1. The molecular weight excluding hydrogens is 262 g/mol. The molecule has 1 amide bonds. The standard InChI is InChI=1S/C17H19N3O/c1-2-6-16(13-7-4-3-5-8-13)19-20-17(21)14-9-11-15(18)12-10-14/h3-5,7-12H,2,6,18H2,1H3,(H,20,21)/b19-16-. The van der Waals surface area contributed by atoms with E-state index in [0.29, 0.717) is 11.3 Å². The Morgan fingerprint density at radius 3 is 2.33 bits per heavy atom. The van der Waals surface area contributed by atoms with Crippen LogP contribution < -0.4 is 11.2 Å². The minimum absolute atomic E-state index is 0.237. The summed E-state index contributed by atoms with van der Waals surface area (Å²) in [5, 5.41) is 4.27. The first kappa shape index (κ1) is 14.8. The zero-order chi connectivity index (χ0) is 15.1. The van der Waals surface area contributed by atoms with Crippen molar-refractivity contribution in [3.8, 4) is 0 Å². The van der Waals surface area contributed by atoms with Crippen LogP contribution in [0.15, 0.2) is 59.7 Å². The molecule has 108 valence electrons. The largest absolute Gasteiger partial charge is 0.399 e. The van der Waals surface area contributed by atoms with Gasteiger partial charge in [-0.05, 0) is 36.2 Å². The highest BCUT2D eigenvalue weighted by Crippen LogP contribution is 2.08. The molecule has 0 unspecified atom stereocenters. The summed E-state index contributed by atoms with van der Waals surface area (Å²) >= 11 is 0. The molecule has 2 aromatic rings. The van der Waals surface area contributed by atoms with Gasteiger partial charge in [-0.25, -0.2) is 5.43 Å². The Morgan fingerprint density at radius 1 is 1.05 bits per heavy atom.